The minimum Gasteiger partial charge on any atom is -0.497 e. The standard InChI is InChI=1S/C15H12N2O2.C14H14O3/c16-15(19)17-12-7-3-1-5-10(12)9-14(18)11-6-2-4-8-13(11)17;1-9(14(15)16)10-3-4-12-8-13(17-2)6-5-11(12)7-10/h1-8H,9H2,(H2,16,19);3-9H,1-2H3,(H,15,16)/t;9-/m.0/s1. The third-order valence-corrected chi connectivity index (χ3v) is 6.19. The van der Waals surface area contributed by atoms with E-state index in [2.05, 4.69) is 0 Å². The van der Waals surface area contributed by atoms with Gasteiger partial charge in [-0.05, 0) is 59.2 Å². The highest BCUT2D eigenvalue weighted by Gasteiger charge is 2.27. The zero-order chi connectivity index (χ0) is 25.8. The number of rotatable bonds is 3. The van der Waals surface area contributed by atoms with Crippen molar-refractivity contribution in [1.29, 1.82) is 0 Å². The summed E-state index contributed by atoms with van der Waals surface area (Å²) in [5.41, 5.74) is 8.86. The van der Waals surface area contributed by atoms with Crippen molar-refractivity contribution in [1.82, 2.24) is 0 Å². The molecule has 0 aliphatic carbocycles. The number of para-hydroxylation sites is 2. The van der Waals surface area contributed by atoms with Crippen LogP contribution in [0, 0.1) is 0 Å². The monoisotopic (exact) mass is 482 g/mol. The number of nitrogens with two attached hydrogens (primary N) is 1. The lowest BCUT2D eigenvalue weighted by Gasteiger charge is -2.22. The van der Waals surface area contributed by atoms with Crippen LogP contribution in [0.1, 0.15) is 34.3 Å². The van der Waals surface area contributed by atoms with Crippen LogP contribution in [0.3, 0.4) is 0 Å². The highest BCUT2D eigenvalue weighted by atomic mass is 16.5. The summed E-state index contributed by atoms with van der Waals surface area (Å²) < 4.78 is 5.14. The maximum Gasteiger partial charge on any atom is 0.323 e. The van der Waals surface area contributed by atoms with Gasteiger partial charge in [-0.3, -0.25) is 14.5 Å². The molecule has 2 amide bonds. The maximum absolute atomic E-state index is 12.3. The molecule has 4 aromatic carbocycles. The molecule has 7 heteroatoms. The second-order valence-corrected chi connectivity index (χ2v) is 8.45. The van der Waals surface area contributed by atoms with Crippen LogP contribution < -0.4 is 15.4 Å². The van der Waals surface area contributed by atoms with Gasteiger partial charge in [-0.1, -0.05) is 54.6 Å². The highest BCUT2D eigenvalue weighted by molar-refractivity contribution is 6.11. The van der Waals surface area contributed by atoms with Crippen molar-refractivity contribution in [2.75, 3.05) is 12.0 Å². The van der Waals surface area contributed by atoms with Crippen molar-refractivity contribution < 1.29 is 24.2 Å². The number of ketones is 1. The summed E-state index contributed by atoms with van der Waals surface area (Å²) >= 11 is 0. The molecule has 5 rings (SSSR count). The topological polar surface area (TPSA) is 110 Å². The van der Waals surface area contributed by atoms with Crippen LogP contribution in [-0.4, -0.2) is 30.0 Å². The molecule has 1 heterocycles. The molecule has 1 atom stereocenters. The van der Waals surface area contributed by atoms with Crippen LogP contribution in [0.25, 0.3) is 10.8 Å². The smallest absolute Gasteiger partial charge is 0.323 e. The summed E-state index contributed by atoms with van der Waals surface area (Å²) in [5, 5.41) is 11.0. The van der Waals surface area contributed by atoms with Gasteiger partial charge in [0.15, 0.2) is 5.78 Å². The van der Waals surface area contributed by atoms with Crippen LogP contribution in [-0.2, 0) is 11.2 Å². The largest absolute Gasteiger partial charge is 0.497 e. The number of carboxylic acids is 1. The first-order chi connectivity index (χ1) is 17.3. The molecule has 4 aromatic rings. The Balaban J connectivity index is 0.000000170. The van der Waals surface area contributed by atoms with Crippen LogP contribution in [0.5, 0.6) is 5.75 Å². The summed E-state index contributed by atoms with van der Waals surface area (Å²) in [4.78, 5) is 36.3. The fourth-order valence-corrected chi connectivity index (χ4v) is 4.20. The van der Waals surface area contributed by atoms with E-state index in [9.17, 15) is 14.4 Å². The number of fused-ring (bicyclic) bond motifs is 3. The molecular weight excluding hydrogens is 456 g/mol. The van der Waals surface area contributed by atoms with Gasteiger partial charge in [0.2, 0.25) is 0 Å². The second-order valence-electron chi connectivity index (χ2n) is 8.45. The number of nitrogens with zero attached hydrogens (tertiary/aromatic N) is 1. The summed E-state index contributed by atoms with van der Waals surface area (Å²) in [6.07, 6.45) is 0.275. The number of Topliss-reactive ketones (excluding diaryl/α,β-unsaturated/α-hetero) is 1. The average Bonchev–Trinajstić information content (AvgIpc) is 3.01. The Morgan fingerprint density at radius 1 is 0.917 bits per heavy atom. The highest BCUT2D eigenvalue weighted by Crippen LogP contribution is 2.35. The van der Waals surface area contributed by atoms with E-state index >= 15 is 0 Å². The van der Waals surface area contributed by atoms with Crippen LogP contribution >= 0.6 is 0 Å². The number of hydrogen-bond acceptors (Lipinski definition) is 4. The fourth-order valence-electron chi connectivity index (χ4n) is 4.20. The maximum atomic E-state index is 12.3. The molecule has 0 radical (unpaired) electrons. The van der Waals surface area contributed by atoms with E-state index < -0.39 is 17.9 Å². The number of amides is 2. The van der Waals surface area contributed by atoms with E-state index in [0.717, 1.165) is 27.6 Å². The predicted octanol–water partition coefficient (Wildman–Crippen LogP) is 5.68. The first-order valence-corrected chi connectivity index (χ1v) is 11.4. The van der Waals surface area contributed by atoms with Crippen LogP contribution in [0.2, 0.25) is 0 Å². The SMILES string of the molecule is COc1ccc2cc([C@H](C)C(=O)O)ccc2c1.NC(=O)N1c2ccccc2CC(=O)c2ccccc21. The van der Waals surface area contributed by atoms with Gasteiger partial charge < -0.3 is 15.6 Å². The molecule has 0 unspecified atom stereocenters. The van der Waals surface area contributed by atoms with Gasteiger partial charge in [0.1, 0.15) is 5.75 Å². The molecule has 182 valence electrons. The molecule has 7 nitrogen and oxygen atoms in total. The van der Waals surface area contributed by atoms with Gasteiger partial charge in [0.05, 0.1) is 24.4 Å². The normalized spacial score (nSPS) is 12.9. The fraction of sp³-hybridized carbons (Fsp3) is 0.138. The molecule has 1 aliphatic rings. The van der Waals surface area contributed by atoms with Gasteiger partial charge >= 0.3 is 12.0 Å². The van der Waals surface area contributed by atoms with Crippen molar-refractivity contribution in [3.05, 3.63) is 102 Å². The van der Waals surface area contributed by atoms with E-state index in [1.54, 1.807) is 44.4 Å². The molecule has 0 aromatic heterocycles. The Hall–Kier alpha value is -4.65. The number of carboxylic acid groups (broad SMARTS) is 1. The Kier molecular flexibility index (Phi) is 7.01. The molecule has 0 saturated heterocycles. The number of carbonyl (C=O) groups is 3. The average molecular weight is 483 g/mol. The van der Waals surface area contributed by atoms with Crippen molar-refractivity contribution in [3.63, 3.8) is 0 Å². The van der Waals surface area contributed by atoms with E-state index in [0.29, 0.717) is 16.9 Å². The van der Waals surface area contributed by atoms with Gasteiger partial charge in [0.25, 0.3) is 0 Å². The molecule has 0 fully saturated rings. The number of urea groups is 1. The molecule has 0 bridgehead atoms. The van der Waals surface area contributed by atoms with E-state index in [1.807, 2.05) is 54.6 Å². The van der Waals surface area contributed by atoms with Crippen molar-refractivity contribution in [2.24, 2.45) is 5.73 Å². The first kappa shape index (κ1) is 24.5. The third-order valence-electron chi connectivity index (χ3n) is 6.19. The van der Waals surface area contributed by atoms with Crippen molar-refractivity contribution in [2.45, 2.75) is 19.3 Å². The van der Waals surface area contributed by atoms with Gasteiger partial charge in [-0.15, -0.1) is 0 Å². The van der Waals surface area contributed by atoms with Crippen LogP contribution in [0.4, 0.5) is 16.2 Å². The Labute approximate surface area is 208 Å². The van der Waals surface area contributed by atoms with E-state index in [1.165, 1.54) is 4.90 Å². The summed E-state index contributed by atoms with van der Waals surface area (Å²) in [5.74, 6) is -0.498. The van der Waals surface area contributed by atoms with Crippen molar-refractivity contribution in [3.8, 4) is 5.75 Å². The van der Waals surface area contributed by atoms with Gasteiger partial charge in [-0.2, -0.15) is 0 Å². The lowest BCUT2D eigenvalue weighted by atomic mass is 9.98. The van der Waals surface area contributed by atoms with Crippen molar-refractivity contribution >= 4 is 39.9 Å². The minimum atomic E-state index is -0.808. The number of carbonyl (C=O) groups excluding carboxylic acids is 2. The van der Waals surface area contributed by atoms with Gasteiger partial charge in [0, 0.05) is 12.0 Å². The lowest BCUT2D eigenvalue weighted by molar-refractivity contribution is -0.138. The summed E-state index contributed by atoms with van der Waals surface area (Å²) in [6, 6.07) is 25.2. The first-order valence-electron chi connectivity index (χ1n) is 11.4. The quantitative estimate of drug-likeness (QED) is 0.390. The number of anilines is 2. The predicted molar refractivity (Wildman–Crippen MR) is 139 cm³/mol. The molecule has 36 heavy (non-hydrogen) atoms. The lowest BCUT2D eigenvalue weighted by Crippen LogP contribution is -2.32. The number of primary amides is 1. The summed E-state index contributed by atoms with van der Waals surface area (Å²) in [7, 11) is 1.63. The number of aliphatic carboxylic acids is 1. The number of hydrogen-bond donors (Lipinski definition) is 2. The molecular formula is C29H26N2O5. The zero-order valence-electron chi connectivity index (χ0n) is 20.0. The Bertz CT molecular complexity index is 1460. The van der Waals surface area contributed by atoms with Gasteiger partial charge in [-0.25, -0.2) is 4.79 Å². The molecule has 0 spiro atoms. The number of benzene rings is 4. The Morgan fingerprint density at radius 2 is 1.56 bits per heavy atom. The molecule has 0 saturated carbocycles. The Morgan fingerprint density at radius 3 is 2.25 bits per heavy atom. The minimum absolute atomic E-state index is 0.00759. The van der Waals surface area contributed by atoms with E-state index in [-0.39, 0.29) is 12.2 Å². The number of ether oxygens (including phenoxy) is 1. The molecule has 3 N–H and O–H groups in total. The summed E-state index contributed by atoms with van der Waals surface area (Å²) in [6.45, 7) is 1.69. The van der Waals surface area contributed by atoms with Crippen LogP contribution in [0.15, 0.2) is 84.9 Å². The van der Waals surface area contributed by atoms with E-state index in [4.69, 9.17) is 15.6 Å². The number of methoxy groups -OCH3 is 1. The second kappa shape index (κ2) is 10.3. The molecule has 1 aliphatic heterocycles. The zero-order valence-corrected chi connectivity index (χ0v) is 20.0. The third kappa shape index (κ3) is 4.90.